The molecule has 2 heterocycles. The molecule has 0 aromatic carbocycles. The van der Waals surface area contributed by atoms with Crippen molar-refractivity contribution in [2.24, 2.45) is 5.92 Å². The molecule has 0 aromatic rings. The molecule has 0 N–H and O–H groups in total. The van der Waals surface area contributed by atoms with Crippen LogP contribution in [0.15, 0.2) is 0 Å². The average Bonchev–Trinajstić information content (AvgIpc) is 2.32. The van der Waals surface area contributed by atoms with Gasteiger partial charge >= 0.3 is 0 Å². The van der Waals surface area contributed by atoms with Crippen molar-refractivity contribution < 1.29 is 0 Å². The first kappa shape index (κ1) is 14.9. The van der Waals surface area contributed by atoms with E-state index in [2.05, 4.69) is 28.7 Å². The van der Waals surface area contributed by atoms with Gasteiger partial charge in [0.1, 0.15) is 0 Å². The highest BCUT2D eigenvalue weighted by Crippen LogP contribution is 2.17. The molecule has 2 aliphatic heterocycles. The minimum atomic E-state index is 0.958. The lowest BCUT2D eigenvalue weighted by molar-refractivity contribution is 0.0512. The van der Waals surface area contributed by atoms with Gasteiger partial charge in [0.05, 0.1) is 0 Å². The standard InChI is InChI=1S/C12H25N3.C2H6/c1-3-4-15-10-12(11-15)9-14-7-5-13(2)6-8-14;1-2/h12H,3-11H2,1-2H3;1-2H3. The van der Waals surface area contributed by atoms with Crippen molar-refractivity contribution >= 4 is 0 Å². The van der Waals surface area contributed by atoms with E-state index in [1.165, 1.54) is 58.8 Å². The lowest BCUT2D eigenvalue weighted by Crippen LogP contribution is -2.54. The number of hydrogen-bond donors (Lipinski definition) is 0. The monoisotopic (exact) mass is 241 g/mol. The van der Waals surface area contributed by atoms with Crippen LogP contribution in [-0.4, -0.2) is 74.1 Å². The van der Waals surface area contributed by atoms with Gasteiger partial charge in [-0.2, -0.15) is 0 Å². The van der Waals surface area contributed by atoms with Crippen LogP contribution in [0.5, 0.6) is 0 Å². The SMILES string of the molecule is CC.CCCN1CC(CN2CCN(C)CC2)C1. The second-order valence-corrected chi connectivity index (χ2v) is 5.23. The molecule has 3 heteroatoms. The van der Waals surface area contributed by atoms with Gasteiger partial charge < -0.3 is 14.7 Å². The number of likely N-dealkylation sites (tertiary alicyclic amines) is 1. The van der Waals surface area contributed by atoms with Crippen LogP contribution < -0.4 is 0 Å². The van der Waals surface area contributed by atoms with Crippen molar-refractivity contribution in [1.82, 2.24) is 14.7 Å². The Morgan fingerprint density at radius 2 is 1.53 bits per heavy atom. The maximum Gasteiger partial charge on any atom is 0.0110 e. The molecule has 3 nitrogen and oxygen atoms in total. The molecule has 2 rings (SSSR count). The van der Waals surface area contributed by atoms with Gasteiger partial charge in [-0.05, 0) is 25.9 Å². The van der Waals surface area contributed by atoms with Crippen molar-refractivity contribution in [1.29, 1.82) is 0 Å². The summed E-state index contributed by atoms with van der Waals surface area (Å²) in [6, 6.07) is 0. The van der Waals surface area contributed by atoms with Crippen LogP contribution in [-0.2, 0) is 0 Å². The van der Waals surface area contributed by atoms with Crippen LogP contribution in [0.4, 0.5) is 0 Å². The Labute approximate surface area is 108 Å². The van der Waals surface area contributed by atoms with E-state index < -0.39 is 0 Å². The highest BCUT2D eigenvalue weighted by atomic mass is 15.3. The highest BCUT2D eigenvalue weighted by molar-refractivity contribution is 4.83. The van der Waals surface area contributed by atoms with Gasteiger partial charge in [-0.3, -0.25) is 0 Å². The first-order valence-electron chi connectivity index (χ1n) is 7.41. The minimum Gasteiger partial charge on any atom is -0.304 e. The third-order valence-electron chi connectivity index (χ3n) is 3.68. The molecule has 0 saturated carbocycles. The fourth-order valence-corrected chi connectivity index (χ4v) is 2.69. The number of piperazine rings is 1. The maximum atomic E-state index is 2.65. The molecule has 17 heavy (non-hydrogen) atoms. The van der Waals surface area contributed by atoms with Gasteiger partial charge in [0.25, 0.3) is 0 Å². The first-order valence-corrected chi connectivity index (χ1v) is 7.41. The summed E-state index contributed by atoms with van der Waals surface area (Å²) in [6.07, 6.45) is 1.31. The normalized spacial score (nSPS) is 24.0. The van der Waals surface area contributed by atoms with E-state index in [0.717, 1.165) is 5.92 Å². The second-order valence-electron chi connectivity index (χ2n) is 5.23. The molecule has 2 saturated heterocycles. The largest absolute Gasteiger partial charge is 0.304 e. The van der Waals surface area contributed by atoms with Crippen molar-refractivity contribution in [3.63, 3.8) is 0 Å². The average molecular weight is 241 g/mol. The number of likely N-dealkylation sites (N-methyl/N-ethyl adjacent to an activating group) is 1. The van der Waals surface area contributed by atoms with Gasteiger partial charge in [-0.1, -0.05) is 20.8 Å². The molecule has 0 aromatic heterocycles. The summed E-state index contributed by atoms with van der Waals surface area (Å²) in [5, 5.41) is 0. The molecule has 2 fully saturated rings. The highest BCUT2D eigenvalue weighted by Gasteiger charge is 2.28. The Bertz CT molecular complexity index is 182. The summed E-state index contributed by atoms with van der Waals surface area (Å²) in [5.74, 6) is 0.958. The molecule has 2 aliphatic rings. The predicted molar refractivity (Wildman–Crippen MR) is 75.5 cm³/mol. The van der Waals surface area contributed by atoms with Crippen LogP contribution in [0.2, 0.25) is 0 Å². The van der Waals surface area contributed by atoms with Crippen LogP contribution in [0, 0.1) is 5.92 Å². The molecule has 0 spiro atoms. The Morgan fingerprint density at radius 3 is 2.06 bits per heavy atom. The fraction of sp³-hybridized carbons (Fsp3) is 1.00. The molecule has 0 aliphatic carbocycles. The molecule has 0 unspecified atom stereocenters. The summed E-state index contributed by atoms with van der Waals surface area (Å²) in [4.78, 5) is 7.66. The lowest BCUT2D eigenvalue weighted by Gasteiger charge is -2.43. The Morgan fingerprint density at radius 1 is 0.941 bits per heavy atom. The van der Waals surface area contributed by atoms with Gasteiger partial charge in [0, 0.05) is 45.8 Å². The summed E-state index contributed by atoms with van der Waals surface area (Å²) < 4.78 is 0. The topological polar surface area (TPSA) is 9.72 Å². The molecule has 102 valence electrons. The predicted octanol–water partition coefficient (Wildman–Crippen LogP) is 1.60. The van der Waals surface area contributed by atoms with E-state index in [9.17, 15) is 0 Å². The van der Waals surface area contributed by atoms with Crippen molar-refractivity contribution in [2.75, 3.05) is 59.4 Å². The molecule has 0 amide bonds. The van der Waals surface area contributed by atoms with Gasteiger partial charge in [0.15, 0.2) is 0 Å². The van der Waals surface area contributed by atoms with E-state index in [0.29, 0.717) is 0 Å². The maximum absolute atomic E-state index is 2.65. The molecular formula is C14H31N3. The van der Waals surface area contributed by atoms with Crippen LogP contribution in [0.3, 0.4) is 0 Å². The van der Waals surface area contributed by atoms with Crippen LogP contribution >= 0.6 is 0 Å². The Kier molecular flexibility index (Phi) is 7.09. The molecule has 0 atom stereocenters. The summed E-state index contributed by atoms with van der Waals surface area (Å²) in [7, 11) is 2.23. The second kappa shape index (κ2) is 8.06. The Hall–Kier alpha value is -0.120. The van der Waals surface area contributed by atoms with Crippen molar-refractivity contribution in [3.8, 4) is 0 Å². The summed E-state index contributed by atoms with van der Waals surface area (Å²) in [5.41, 5.74) is 0. The number of nitrogens with zero attached hydrogens (tertiary/aromatic N) is 3. The van der Waals surface area contributed by atoms with Gasteiger partial charge in [-0.25, -0.2) is 0 Å². The summed E-state index contributed by atoms with van der Waals surface area (Å²) in [6.45, 7) is 16.7. The van der Waals surface area contributed by atoms with E-state index in [-0.39, 0.29) is 0 Å². The van der Waals surface area contributed by atoms with E-state index in [4.69, 9.17) is 0 Å². The van der Waals surface area contributed by atoms with E-state index >= 15 is 0 Å². The zero-order valence-electron chi connectivity index (χ0n) is 12.3. The van der Waals surface area contributed by atoms with Crippen molar-refractivity contribution in [2.45, 2.75) is 27.2 Å². The molecular weight excluding hydrogens is 210 g/mol. The first-order chi connectivity index (χ1) is 8.28. The molecule has 0 radical (unpaired) electrons. The third-order valence-corrected chi connectivity index (χ3v) is 3.68. The van der Waals surface area contributed by atoms with E-state index in [1.54, 1.807) is 0 Å². The third kappa shape index (κ3) is 4.94. The lowest BCUT2D eigenvalue weighted by atomic mass is 9.99. The number of rotatable bonds is 4. The summed E-state index contributed by atoms with van der Waals surface area (Å²) >= 11 is 0. The van der Waals surface area contributed by atoms with Crippen LogP contribution in [0.25, 0.3) is 0 Å². The zero-order valence-corrected chi connectivity index (χ0v) is 12.3. The number of hydrogen-bond acceptors (Lipinski definition) is 3. The van der Waals surface area contributed by atoms with Crippen molar-refractivity contribution in [3.05, 3.63) is 0 Å². The quantitative estimate of drug-likeness (QED) is 0.740. The van der Waals surface area contributed by atoms with E-state index in [1.807, 2.05) is 13.8 Å². The fourth-order valence-electron chi connectivity index (χ4n) is 2.69. The van der Waals surface area contributed by atoms with Crippen LogP contribution in [0.1, 0.15) is 27.2 Å². The van der Waals surface area contributed by atoms with Gasteiger partial charge in [-0.15, -0.1) is 0 Å². The minimum absolute atomic E-state index is 0.958. The zero-order chi connectivity index (χ0) is 12.7. The smallest absolute Gasteiger partial charge is 0.0110 e. The van der Waals surface area contributed by atoms with Gasteiger partial charge in [0.2, 0.25) is 0 Å². The Balaban J connectivity index is 0.000000686. The molecule has 0 bridgehead atoms.